The molecule has 10 unspecified atom stereocenters. The first-order chi connectivity index (χ1) is 20.9. The van der Waals surface area contributed by atoms with Crippen LogP contribution < -0.4 is 0 Å². The smallest absolute Gasteiger partial charge is 0.331 e. The Labute approximate surface area is 251 Å². The van der Waals surface area contributed by atoms with Crippen molar-refractivity contribution in [3.63, 3.8) is 0 Å². The van der Waals surface area contributed by atoms with Gasteiger partial charge in [0.1, 0.15) is 30.5 Å². The second-order valence-electron chi connectivity index (χ2n) is 10.4. The fourth-order valence-electron chi connectivity index (χ4n) is 4.73. The highest BCUT2D eigenvalue weighted by Gasteiger charge is 2.52. The lowest BCUT2D eigenvalue weighted by molar-refractivity contribution is -0.364. The number of phenols is 4. The molecule has 0 spiro atoms. The van der Waals surface area contributed by atoms with Gasteiger partial charge in [0.2, 0.25) is 0 Å². The molecule has 2 aromatic carbocycles. The normalized spacial score (nSPS) is 32.5. The number of carbonyl (C=O) groups excluding carboxylic acids is 1. The average Bonchev–Trinajstić information content (AvgIpc) is 2.99. The van der Waals surface area contributed by atoms with E-state index in [1.54, 1.807) is 6.07 Å². The van der Waals surface area contributed by atoms with E-state index >= 15 is 0 Å². The van der Waals surface area contributed by atoms with Crippen LogP contribution in [0.4, 0.5) is 0 Å². The summed E-state index contributed by atoms with van der Waals surface area (Å²) in [4.78, 5) is 12.9. The second-order valence-corrected chi connectivity index (χ2v) is 10.4. The minimum atomic E-state index is -1.77. The number of hydrogen-bond donors (Lipinski definition) is 9. The van der Waals surface area contributed by atoms with E-state index in [9.17, 15) is 50.8 Å². The second kappa shape index (κ2) is 14.5. The van der Waals surface area contributed by atoms with Gasteiger partial charge in [0.25, 0.3) is 0 Å². The van der Waals surface area contributed by atoms with E-state index in [-0.39, 0.29) is 30.3 Å². The standard InChI is InChI=1S/C29H36O15/c1-13-22(36)24(38)25(39)28(41-13)44-27-26(43-21(35)7-4-14-2-5-16(31)18(33)10-14)23(37)20(12-30)42-29(27)40-9-8-15-3-6-17(32)19(34)11-15/h2-7,10-11,13,20,22-34,36-39H,8-9,12H2,1H3. The molecule has 0 aromatic heterocycles. The summed E-state index contributed by atoms with van der Waals surface area (Å²) >= 11 is 0. The van der Waals surface area contributed by atoms with Crippen molar-refractivity contribution in [2.45, 2.75) is 74.8 Å². The number of benzene rings is 2. The molecule has 0 bridgehead atoms. The molecule has 9 N–H and O–H groups in total. The largest absolute Gasteiger partial charge is 0.504 e. The molecule has 242 valence electrons. The molecule has 15 nitrogen and oxygen atoms in total. The first-order valence-corrected chi connectivity index (χ1v) is 13.7. The number of ether oxygens (including phenoxy) is 5. The maximum Gasteiger partial charge on any atom is 0.331 e. The predicted molar refractivity (Wildman–Crippen MR) is 147 cm³/mol. The minimum absolute atomic E-state index is 0.0975. The molecule has 4 rings (SSSR count). The number of aliphatic hydroxyl groups excluding tert-OH is 5. The summed E-state index contributed by atoms with van der Waals surface area (Å²) in [5.41, 5.74) is 0.894. The Morgan fingerprint density at radius 3 is 2.16 bits per heavy atom. The van der Waals surface area contributed by atoms with E-state index < -0.39 is 79.7 Å². The van der Waals surface area contributed by atoms with Crippen molar-refractivity contribution in [3.05, 3.63) is 53.6 Å². The molecule has 0 saturated carbocycles. The Bertz CT molecular complexity index is 1300. The highest BCUT2D eigenvalue weighted by Crippen LogP contribution is 2.32. The van der Waals surface area contributed by atoms with Crippen LogP contribution in [0.2, 0.25) is 0 Å². The van der Waals surface area contributed by atoms with Gasteiger partial charge in [-0.05, 0) is 54.8 Å². The van der Waals surface area contributed by atoms with Gasteiger partial charge in [-0.1, -0.05) is 12.1 Å². The van der Waals surface area contributed by atoms with Crippen molar-refractivity contribution in [3.8, 4) is 23.0 Å². The lowest BCUT2D eigenvalue weighted by atomic mass is 9.97. The molecule has 2 aliphatic rings. The van der Waals surface area contributed by atoms with Gasteiger partial charge in [0.15, 0.2) is 47.8 Å². The quantitative estimate of drug-likeness (QED) is 0.0873. The third-order valence-corrected chi connectivity index (χ3v) is 7.27. The molecule has 2 aliphatic heterocycles. The molecule has 0 amide bonds. The van der Waals surface area contributed by atoms with Gasteiger partial charge in [0.05, 0.1) is 19.3 Å². The van der Waals surface area contributed by atoms with Crippen LogP contribution in [0.1, 0.15) is 18.1 Å². The van der Waals surface area contributed by atoms with Gasteiger partial charge >= 0.3 is 5.97 Å². The van der Waals surface area contributed by atoms with E-state index in [0.29, 0.717) is 11.1 Å². The summed E-state index contributed by atoms with van der Waals surface area (Å²) in [5, 5.41) is 90.3. The van der Waals surface area contributed by atoms with Gasteiger partial charge in [0, 0.05) is 6.08 Å². The van der Waals surface area contributed by atoms with E-state index in [0.717, 1.165) is 6.08 Å². The predicted octanol–water partition coefficient (Wildman–Crippen LogP) is -1.02. The van der Waals surface area contributed by atoms with Crippen LogP contribution in [-0.4, -0.2) is 127 Å². The molecule has 2 saturated heterocycles. The van der Waals surface area contributed by atoms with E-state index in [1.807, 2.05) is 0 Å². The first kappa shape index (κ1) is 33.4. The number of rotatable bonds is 10. The zero-order valence-electron chi connectivity index (χ0n) is 23.5. The monoisotopic (exact) mass is 624 g/mol. The number of hydrogen-bond acceptors (Lipinski definition) is 15. The topological polar surface area (TPSA) is 245 Å². The fourth-order valence-corrected chi connectivity index (χ4v) is 4.73. The van der Waals surface area contributed by atoms with Gasteiger partial charge in [-0.15, -0.1) is 0 Å². The van der Waals surface area contributed by atoms with Crippen LogP contribution in [0, 0.1) is 0 Å². The molecular formula is C29H36O15. The van der Waals surface area contributed by atoms with Gasteiger partial charge in [-0.25, -0.2) is 4.79 Å². The van der Waals surface area contributed by atoms with E-state index in [1.165, 1.54) is 43.3 Å². The minimum Gasteiger partial charge on any atom is -0.504 e. The molecule has 2 aromatic rings. The first-order valence-electron chi connectivity index (χ1n) is 13.7. The number of aromatic hydroxyl groups is 4. The average molecular weight is 625 g/mol. The summed E-state index contributed by atoms with van der Waals surface area (Å²) in [6.45, 7) is 0.606. The Morgan fingerprint density at radius 2 is 1.50 bits per heavy atom. The number of aliphatic hydroxyl groups is 5. The maximum absolute atomic E-state index is 12.9. The van der Waals surface area contributed by atoms with Crippen molar-refractivity contribution >= 4 is 12.0 Å². The lowest BCUT2D eigenvalue weighted by Gasteiger charge is -2.46. The highest BCUT2D eigenvalue weighted by molar-refractivity contribution is 5.87. The third kappa shape index (κ3) is 7.76. The SMILES string of the molecule is CC1OC(OC2C(OCCc3ccc(O)c(O)c3)OC(CO)C(O)C2OC(=O)C=Cc2ccc(O)c(O)c2)C(O)C(O)C1O. The maximum atomic E-state index is 12.9. The van der Waals surface area contributed by atoms with Crippen molar-refractivity contribution in [2.75, 3.05) is 13.2 Å². The number of esters is 1. The van der Waals surface area contributed by atoms with Gasteiger partial charge in [-0.3, -0.25) is 0 Å². The zero-order chi connectivity index (χ0) is 32.1. The summed E-state index contributed by atoms with van der Waals surface area (Å²) < 4.78 is 28.5. The molecular weight excluding hydrogens is 588 g/mol. The molecule has 15 heteroatoms. The number of phenolic OH excluding ortho intramolecular Hbond substituents is 4. The van der Waals surface area contributed by atoms with Crippen LogP contribution in [0.5, 0.6) is 23.0 Å². The van der Waals surface area contributed by atoms with Crippen molar-refractivity contribution < 1.29 is 74.4 Å². The Balaban J connectivity index is 1.57. The van der Waals surface area contributed by atoms with Crippen LogP contribution in [0.3, 0.4) is 0 Å². The summed E-state index contributed by atoms with van der Waals surface area (Å²) in [6, 6.07) is 7.96. The molecule has 0 aliphatic carbocycles. The summed E-state index contributed by atoms with van der Waals surface area (Å²) in [7, 11) is 0. The molecule has 0 radical (unpaired) electrons. The Kier molecular flexibility index (Phi) is 11.0. The van der Waals surface area contributed by atoms with E-state index in [2.05, 4.69) is 0 Å². The van der Waals surface area contributed by atoms with Gasteiger partial charge < -0.3 is 69.6 Å². The molecule has 10 atom stereocenters. The van der Waals surface area contributed by atoms with Crippen molar-refractivity contribution in [1.82, 2.24) is 0 Å². The summed E-state index contributed by atoms with van der Waals surface area (Å²) in [5.74, 6) is -2.44. The molecule has 44 heavy (non-hydrogen) atoms. The van der Waals surface area contributed by atoms with Crippen LogP contribution >= 0.6 is 0 Å². The molecule has 2 fully saturated rings. The van der Waals surface area contributed by atoms with Crippen molar-refractivity contribution in [1.29, 1.82) is 0 Å². The van der Waals surface area contributed by atoms with Crippen molar-refractivity contribution in [2.24, 2.45) is 0 Å². The Hall–Kier alpha value is -3.51. The zero-order valence-corrected chi connectivity index (χ0v) is 23.5. The highest BCUT2D eigenvalue weighted by atomic mass is 16.8. The summed E-state index contributed by atoms with van der Waals surface area (Å²) in [6.07, 6.45) is -12.6. The lowest BCUT2D eigenvalue weighted by Crippen LogP contribution is -2.64. The third-order valence-electron chi connectivity index (χ3n) is 7.27. The van der Waals surface area contributed by atoms with Gasteiger partial charge in [-0.2, -0.15) is 0 Å². The van der Waals surface area contributed by atoms with E-state index in [4.69, 9.17) is 23.7 Å². The molecule has 2 heterocycles. The number of carbonyl (C=O) groups is 1. The fraction of sp³-hybridized carbons (Fsp3) is 0.483. The van der Waals surface area contributed by atoms with Crippen LogP contribution in [0.15, 0.2) is 42.5 Å². The van der Waals surface area contributed by atoms with Crippen LogP contribution in [0.25, 0.3) is 6.08 Å². The van der Waals surface area contributed by atoms with Crippen LogP contribution in [-0.2, 0) is 34.9 Å². The Morgan fingerprint density at radius 1 is 0.818 bits per heavy atom.